The van der Waals surface area contributed by atoms with Crippen LogP contribution in [0.25, 0.3) is 0 Å². The molecule has 0 N–H and O–H groups in total. The summed E-state index contributed by atoms with van der Waals surface area (Å²) in [4.78, 5) is 15.8. The number of nitrogens with zero attached hydrogens (tertiary/aromatic N) is 1. The first-order valence-corrected chi connectivity index (χ1v) is 10.9. The third kappa shape index (κ3) is 6.33. The van der Waals surface area contributed by atoms with Gasteiger partial charge in [0.2, 0.25) is 0 Å². The smallest absolute Gasteiger partial charge is 0.161 e. The van der Waals surface area contributed by atoms with Gasteiger partial charge in [-0.1, -0.05) is 46.0 Å². The quantitative estimate of drug-likeness (QED) is 0.423. The van der Waals surface area contributed by atoms with Crippen LogP contribution >= 0.6 is 0 Å². The number of hydrogen-bond donors (Lipinski definition) is 0. The minimum Gasteiger partial charge on any atom is -0.298 e. The molecule has 158 valence electrons. The molecule has 1 aromatic rings. The molecule has 0 saturated carbocycles. The van der Waals surface area contributed by atoms with Gasteiger partial charge in [-0.15, -0.1) is 0 Å². The predicted molar refractivity (Wildman–Crippen MR) is 107 cm³/mol. The van der Waals surface area contributed by atoms with Gasteiger partial charge in [-0.05, 0) is 56.8 Å². The van der Waals surface area contributed by atoms with Crippen molar-refractivity contribution in [3.63, 3.8) is 0 Å². The second kappa shape index (κ2) is 11.6. The molecule has 0 radical (unpaired) electrons. The molecule has 1 fully saturated rings. The van der Waals surface area contributed by atoms with Crippen molar-refractivity contribution in [1.29, 1.82) is 0 Å². The van der Waals surface area contributed by atoms with Crippen molar-refractivity contribution in [2.75, 3.05) is 13.1 Å². The molecule has 5 heteroatoms. The van der Waals surface area contributed by atoms with Gasteiger partial charge in [0.25, 0.3) is 0 Å². The molecule has 2 atom stereocenters. The minimum absolute atomic E-state index is 0.0984. The van der Waals surface area contributed by atoms with E-state index >= 15 is 0 Å². The van der Waals surface area contributed by atoms with Crippen molar-refractivity contribution < 1.29 is 18.0 Å². The highest BCUT2D eigenvalue weighted by Gasteiger charge is 2.32. The summed E-state index contributed by atoms with van der Waals surface area (Å²) < 4.78 is 41.1. The lowest BCUT2D eigenvalue weighted by molar-refractivity contribution is -0.129. The molecule has 2 nitrogen and oxygen atoms in total. The Balaban J connectivity index is 2.22. The molecule has 0 aromatic heterocycles. The van der Waals surface area contributed by atoms with Gasteiger partial charge in [0.05, 0.1) is 6.04 Å². The van der Waals surface area contributed by atoms with Gasteiger partial charge in [0, 0.05) is 12.0 Å². The fourth-order valence-corrected chi connectivity index (χ4v) is 4.19. The number of halogens is 3. The molecule has 2 unspecified atom stereocenters. The first kappa shape index (κ1) is 22.9. The minimum atomic E-state index is -1.19. The van der Waals surface area contributed by atoms with Gasteiger partial charge in [-0.25, -0.2) is 13.2 Å². The van der Waals surface area contributed by atoms with Crippen molar-refractivity contribution in [2.45, 2.75) is 84.1 Å². The standard InChI is InChI=1S/C23H34F3NO/c1-3-5-10-17(14-18-15-20(25)21(26)16-19(18)24)23(28)22(11-6-4-2)27-12-8-7-9-13-27/h15-17,22H,3-14H2,1-2H3. The van der Waals surface area contributed by atoms with E-state index in [-0.39, 0.29) is 29.7 Å². The Morgan fingerprint density at radius 3 is 2.18 bits per heavy atom. The Bertz CT molecular complexity index is 629. The second-order valence-corrected chi connectivity index (χ2v) is 8.06. The van der Waals surface area contributed by atoms with E-state index < -0.39 is 17.5 Å². The fourth-order valence-electron chi connectivity index (χ4n) is 4.19. The zero-order valence-electron chi connectivity index (χ0n) is 17.3. The summed E-state index contributed by atoms with van der Waals surface area (Å²) in [6.45, 7) is 6.03. The van der Waals surface area contributed by atoms with E-state index in [4.69, 9.17) is 0 Å². The number of hydrogen-bond acceptors (Lipinski definition) is 2. The monoisotopic (exact) mass is 397 g/mol. The van der Waals surface area contributed by atoms with E-state index in [1.54, 1.807) is 0 Å². The van der Waals surface area contributed by atoms with Crippen LogP contribution in [0.5, 0.6) is 0 Å². The molecule has 0 bridgehead atoms. The predicted octanol–water partition coefficient (Wildman–Crippen LogP) is 6.07. The third-order valence-electron chi connectivity index (χ3n) is 5.86. The molecular weight excluding hydrogens is 363 g/mol. The summed E-state index contributed by atoms with van der Waals surface area (Å²) in [5.41, 5.74) is 0.0984. The Kier molecular flexibility index (Phi) is 9.49. The maximum Gasteiger partial charge on any atom is 0.161 e. The molecule has 2 rings (SSSR count). The normalized spacial score (nSPS) is 17.5. The number of unbranched alkanes of at least 4 members (excludes halogenated alkanes) is 2. The van der Waals surface area contributed by atoms with E-state index in [2.05, 4.69) is 18.7 Å². The van der Waals surface area contributed by atoms with Crippen LogP contribution < -0.4 is 0 Å². The van der Waals surface area contributed by atoms with E-state index in [0.717, 1.165) is 64.1 Å². The molecule has 28 heavy (non-hydrogen) atoms. The van der Waals surface area contributed by atoms with Crippen LogP contribution in [-0.2, 0) is 11.2 Å². The fraction of sp³-hybridized carbons (Fsp3) is 0.696. The third-order valence-corrected chi connectivity index (χ3v) is 5.86. The first-order valence-electron chi connectivity index (χ1n) is 10.9. The summed E-state index contributed by atoms with van der Waals surface area (Å²) >= 11 is 0. The number of ketones is 1. The Labute approximate surface area is 167 Å². The molecule has 0 amide bonds. The number of benzene rings is 1. The van der Waals surface area contributed by atoms with Crippen LogP contribution in [0.1, 0.15) is 77.2 Å². The first-order chi connectivity index (χ1) is 13.5. The zero-order chi connectivity index (χ0) is 20.5. The summed E-state index contributed by atoms with van der Waals surface area (Å²) in [6, 6.07) is 1.36. The number of piperidine rings is 1. The Morgan fingerprint density at radius 1 is 0.929 bits per heavy atom. The van der Waals surface area contributed by atoms with Gasteiger partial charge in [-0.3, -0.25) is 9.69 Å². The molecule has 1 saturated heterocycles. The summed E-state index contributed by atoms with van der Waals surface area (Å²) in [6.07, 6.45) is 8.82. The lowest BCUT2D eigenvalue weighted by Crippen LogP contribution is -2.46. The van der Waals surface area contributed by atoms with E-state index in [1.165, 1.54) is 6.42 Å². The molecule has 1 aromatic carbocycles. The number of carbonyl (C=O) groups is 1. The number of rotatable bonds is 11. The number of carbonyl (C=O) groups excluding carboxylic acids is 1. The van der Waals surface area contributed by atoms with E-state index in [9.17, 15) is 18.0 Å². The van der Waals surface area contributed by atoms with Crippen LogP contribution in [-0.4, -0.2) is 29.8 Å². The van der Waals surface area contributed by atoms with Crippen LogP contribution in [0.3, 0.4) is 0 Å². The van der Waals surface area contributed by atoms with Gasteiger partial charge in [0.15, 0.2) is 17.4 Å². The maximum absolute atomic E-state index is 14.2. The maximum atomic E-state index is 14.2. The van der Waals surface area contributed by atoms with Gasteiger partial charge >= 0.3 is 0 Å². The molecule has 0 aliphatic carbocycles. The van der Waals surface area contributed by atoms with Crippen LogP contribution in [0.2, 0.25) is 0 Å². The van der Waals surface area contributed by atoms with Crippen LogP contribution in [0.4, 0.5) is 13.2 Å². The molecule has 1 aliphatic rings. The Morgan fingerprint density at radius 2 is 1.54 bits per heavy atom. The lowest BCUT2D eigenvalue weighted by Gasteiger charge is -2.35. The Hall–Kier alpha value is -1.36. The molecular formula is C23H34F3NO. The topological polar surface area (TPSA) is 20.3 Å². The van der Waals surface area contributed by atoms with Crippen LogP contribution in [0, 0.1) is 23.4 Å². The zero-order valence-corrected chi connectivity index (χ0v) is 17.3. The largest absolute Gasteiger partial charge is 0.298 e. The summed E-state index contributed by atoms with van der Waals surface area (Å²) in [5.74, 6) is -3.23. The highest BCUT2D eigenvalue weighted by molar-refractivity contribution is 5.86. The second-order valence-electron chi connectivity index (χ2n) is 8.06. The molecule has 0 spiro atoms. The van der Waals surface area contributed by atoms with E-state index in [0.29, 0.717) is 12.5 Å². The van der Waals surface area contributed by atoms with Crippen molar-refractivity contribution in [3.8, 4) is 0 Å². The molecule has 1 heterocycles. The highest BCUT2D eigenvalue weighted by Crippen LogP contribution is 2.26. The number of likely N-dealkylation sites (tertiary alicyclic amines) is 1. The van der Waals surface area contributed by atoms with E-state index in [1.807, 2.05) is 0 Å². The van der Waals surface area contributed by atoms with Crippen LogP contribution in [0.15, 0.2) is 12.1 Å². The van der Waals surface area contributed by atoms with Crippen molar-refractivity contribution in [2.24, 2.45) is 5.92 Å². The van der Waals surface area contributed by atoms with Gasteiger partial charge in [0.1, 0.15) is 5.82 Å². The number of Topliss-reactive ketones (excluding diaryl/α,β-unsaturated/α-hetero) is 1. The summed E-state index contributed by atoms with van der Waals surface area (Å²) in [5, 5.41) is 0. The average molecular weight is 398 g/mol. The van der Waals surface area contributed by atoms with Crippen molar-refractivity contribution in [1.82, 2.24) is 4.90 Å². The van der Waals surface area contributed by atoms with Crippen molar-refractivity contribution in [3.05, 3.63) is 35.1 Å². The van der Waals surface area contributed by atoms with Gasteiger partial charge < -0.3 is 0 Å². The SMILES string of the molecule is CCCCC(Cc1cc(F)c(F)cc1F)C(=O)C(CCCC)N1CCCCC1. The lowest BCUT2D eigenvalue weighted by atomic mass is 9.84. The average Bonchev–Trinajstić information content (AvgIpc) is 2.69. The summed E-state index contributed by atoms with van der Waals surface area (Å²) in [7, 11) is 0. The highest BCUT2D eigenvalue weighted by atomic mass is 19.2. The molecule has 1 aliphatic heterocycles. The van der Waals surface area contributed by atoms with Crippen molar-refractivity contribution >= 4 is 5.78 Å². The van der Waals surface area contributed by atoms with Gasteiger partial charge in [-0.2, -0.15) is 0 Å².